The Labute approximate surface area is 170 Å². The van der Waals surface area contributed by atoms with Gasteiger partial charge in [0.15, 0.2) is 11.5 Å². The molecular formula is C21H25ClN2O4. The van der Waals surface area contributed by atoms with E-state index in [0.717, 1.165) is 12.2 Å². The van der Waals surface area contributed by atoms with Crippen molar-refractivity contribution in [3.8, 4) is 17.2 Å². The standard InChI is InChI=1S/C21H25ClN2O4/c1-4-16-6-8-18(9-7-16)27-10-5-11-28-21-19(22)12-17(13-20(21)26-3)14-23-24-15(2)25/h6-9,12-14H,4-5,10-11H2,1-3H3,(H,24,25)/b23-14+. The molecule has 0 atom stereocenters. The summed E-state index contributed by atoms with van der Waals surface area (Å²) in [6.45, 7) is 4.47. The van der Waals surface area contributed by atoms with Crippen LogP contribution >= 0.6 is 11.6 Å². The third kappa shape index (κ3) is 6.78. The number of methoxy groups -OCH3 is 1. The Balaban J connectivity index is 1.86. The molecule has 2 aromatic carbocycles. The number of halogens is 1. The number of amides is 1. The summed E-state index contributed by atoms with van der Waals surface area (Å²) in [6.07, 6.45) is 3.19. The summed E-state index contributed by atoms with van der Waals surface area (Å²) < 4.78 is 16.8. The monoisotopic (exact) mass is 404 g/mol. The highest BCUT2D eigenvalue weighted by Crippen LogP contribution is 2.36. The number of hydrazone groups is 1. The lowest BCUT2D eigenvalue weighted by Crippen LogP contribution is -2.12. The Kier molecular flexibility index (Phi) is 8.62. The van der Waals surface area contributed by atoms with Gasteiger partial charge in [0.25, 0.3) is 0 Å². The molecule has 0 aliphatic heterocycles. The van der Waals surface area contributed by atoms with E-state index >= 15 is 0 Å². The van der Waals surface area contributed by atoms with Crippen molar-refractivity contribution in [2.24, 2.45) is 5.10 Å². The van der Waals surface area contributed by atoms with Crippen LogP contribution in [-0.2, 0) is 11.2 Å². The van der Waals surface area contributed by atoms with Gasteiger partial charge in [-0.15, -0.1) is 0 Å². The van der Waals surface area contributed by atoms with Gasteiger partial charge >= 0.3 is 0 Å². The summed E-state index contributed by atoms with van der Waals surface area (Å²) in [4.78, 5) is 10.9. The van der Waals surface area contributed by atoms with Gasteiger partial charge in [-0.2, -0.15) is 5.10 Å². The van der Waals surface area contributed by atoms with Crippen LogP contribution in [0.25, 0.3) is 0 Å². The Morgan fingerprint density at radius 1 is 1.18 bits per heavy atom. The molecule has 6 nitrogen and oxygen atoms in total. The zero-order valence-corrected chi connectivity index (χ0v) is 17.1. The van der Waals surface area contributed by atoms with Crippen LogP contribution in [0, 0.1) is 0 Å². The molecule has 0 fully saturated rings. The molecule has 7 heteroatoms. The summed E-state index contributed by atoms with van der Waals surface area (Å²) >= 11 is 6.31. The first-order valence-electron chi connectivity index (χ1n) is 9.05. The van der Waals surface area contributed by atoms with E-state index in [1.165, 1.54) is 25.8 Å². The average Bonchev–Trinajstić information content (AvgIpc) is 2.69. The second-order valence-corrected chi connectivity index (χ2v) is 6.42. The van der Waals surface area contributed by atoms with Gasteiger partial charge in [0.2, 0.25) is 5.91 Å². The Hall–Kier alpha value is -2.73. The van der Waals surface area contributed by atoms with E-state index in [0.29, 0.717) is 41.7 Å². The van der Waals surface area contributed by atoms with E-state index in [4.69, 9.17) is 25.8 Å². The number of carbonyl (C=O) groups is 1. The second kappa shape index (κ2) is 11.2. The summed E-state index contributed by atoms with van der Waals surface area (Å²) in [5.41, 5.74) is 4.30. The first-order valence-corrected chi connectivity index (χ1v) is 9.43. The maximum Gasteiger partial charge on any atom is 0.236 e. The van der Waals surface area contributed by atoms with Crippen molar-refractivity contribution >= 4 is 23.7 Å². The van der Waals surface area contributed by atoms with Crippen molar-refractivity contribution in [1.82, 2.24) is 5.43 Å². The fourth-order valence-electron chi connectivity index (χ4n) is 2.40. The summed E-state index contributed by atoms with van der Waals surface area (Å²) in [5.74, 6) is 1.55. The molecule has 1 amide bonds. The van der Waals surface area contributed by atoms with Crippen LogP contribution in [0.2, 0.25) is 5.02 Å². The fourth-order valence-corrected chi connectivity index (χ4v) is 2.67. The predicted octanol–water partition coefficient (Wildman–Crippen LogP) is 4.23. The van der Waals surface area contributed by atoms with Gasteiger partial charge in [-0.05, 0) is 41.8 Å². The van der Waals surface area contributed by atoms with Crippen LogP contribution < -0.4 is 19.6 Å². The van der Waals surface area contributed by atoms with Gasteiger partial charge in [0, 0.05) is 13.3 Å². The largest absolute Gasteiger partial charge is 0.493 e. The molecular weight excluding hydrogens is 380 g/mol. The van der Waals surface area contributed by atoms with Crippen LogP contribution in [0.1, 0.15) is 31.4 Å². The third-order valence-corrected chi connectivity index (χ3v) is 4.10. The average molecular weight is 405 g/mol. The van der Waals surface area contributed by atoms with E-state index < -0.39 is 0 Å². The normalized spacial score (nSPS) is 10.7. The van der Waals surface area contributed by atoms with E-state index in [1.54, 1.807) is 12.1 Å². The third-order valence-electron chi connectivity index (χ3n) is 3.82. The van der Waals surface area contributed by atoms with Gasteiger partial charge < -0.3 is 14.2 Å². The zero-order valence-electron chi connectivity index (χ0n) is 16.3. The van der Waals surface area contributed by atoms with Crippen LogP contribution in [0.4, 0.5) is 0 Å². The first-order chi connectivity index (χ1) is 13.5. The molecule has 0 radical (unpaired) electrons. The highest BCUT2D eigenvalue weighted by Gasteiger charge is 2.11. The molecule has 0 aliphatic rings. The molecule has 2 aromatic rings. The Morgan fingerprint density at radius 3 is 2.54 bits per heavy atom. The molecule has 0 aliphatic carbocycles. The fraction of sp³-hybridized carbons (Fsp3) is 0.333. The van der Waals surface area contributed by atoms with Gasteiger partial charge in [0.1, 0.15) is 5.75 Å². The number of ether oxygens (including phenoxy) is 3. The number of rotatable bonds is 10. The number of benzene rings is 2. The molecule has 0 unspecified atom stereocenters. The number of aryl methyl sites for hydroxylation is 1. The Bertz CT molecular complexity index is 807. The number of hydrogen-bond acceptors (Lipinski definition) is 5. The summed E-state index contributed by atoms with van der Waals surface area (Å²) in [6, 6.07) is 11.5. The smallest absolute Gasteiger partial charge is 0.236 e. The molecule has 0 heterocycles. The van der Waals surface area contributed by atoms with E-state index in [-0.39, 0.29) is 5.91 Å². The van der Waals surface area contributed by atoms with E-state index in [2.05, 4.69) is 29.6 Å². The lowest BCUT2D eigenvalue weighted by molar-refractivity contribution is -0.118. The van der Waals surface area contributed by atoms with Gasteiger partial charge in [-0.1, -0.05) is 30.7 Å². The van der Waals surface area contributed by atoms with Crippen molar-refractivity contribution in [3.05, 3.63) is 52.5 Å². The molecule has 0 aromatic heterocycles. The number of nitrogens with one attached hydrogen (secondary N) is 1. The maximum absolute atomic E-state index is 10.9. The quantitative estimate of drug-likeness (QED) is 0.365. The van der Waals surface area contributed by atoms with Crippen molar-refractivity contribution in [3.63, 3.8) is 0 Å². The second-order valence-electron chi connectivity index (χ2n) is 6.01. The van der Waals surface area contributed by atoms with Crippen molar-refractivity contribution in [2.45, 2.75) is 26.7 Å². The molecule has 0 saturated heterocycles. The highest BCUT2D eigenvalue weighted by atomic mass is 35.5. The van der Waals surface area contributed by atoms with Crippen molar-refractivity contribution in [1.29, 1.82) is 0 Å². The lowest BCUT2D eigenvalue weighted by atomic mass is 10.2. The molecule has 0 bridgehead atoms. The Morgan fingerprint density at radius 2 is 1.89 bits per heavy atom. The minimum atomic E-state index is -0.252. The number of carbonyl (C=O) groups excluding carboxylic acids is 1. The van der Waals surface area contributed by atoms with Crippen molar-refractivity contribution < 1.29 is 19.0 Å². The van der Waals surface area contributed by atoms with Gasteiger partial charge in [0.05, 0.1) is 31.6 Å². The minimum Gasteiger partial charge on any atom is -0.493 e. The van der Waals surface area contributed by atoms with Crippen molar-refractivity contribution in [2.75, 3.05) is 20.3 Å². The highest BCUT2D eigenvalue weighted by molar-refractivity contribution is 6.32. The summed E-state index contributed by atoms with van der Waals surface area (Å²) in [7, 11) is 1.54. The summed E-state index contributed by atoms with van der Waals surface area (Å²) in [5, 5.41) is 4.22. The topological polar surface area (TPSA) is 69.2 Å². The number of nitrogens with zero attached hydrogens (tertiary/aromatic N) is 1. The van der Waals surface area contributed by atoms with E-state index in [9.17, 15) is 4.79 Å². The molecule has 1 N–H and O–H groups in total. The maximum atomic E-state index is 10.9. The van der Waals surface area contributed by atoms with Crippen LogP contribution in [0.5, 0.6) is 17.2 Å². The number of hydrogen-bond donors (Lipinski definition) is 1. The zero-order chi connectivity index (χ0) is 20.4. The van der Waals surface area contributed by atoms with Gasteiger partial charge in [-0.3, -0.25) is 4.79 Å². The molecule has 150 valence electrons. The lowest BCUT2D eigenvalue weighted by Gasteiger charge is -2.13. The first kappa shape index (κ1) is 21.6. The SMILES string of the molecule is CCc1ccc(OCCCOc2c(Cl)cc(/C=N/NC(C)=O)cc2OC)cc1. The van der Waals surface area contributed by atoms with E-state index in [1.807, 2.05) is 12.1 Å². The molecule has 0 saturated carbocycles. The molecule has 0 spiro atoms. The van der Waals surface area contributed by atoms with Crippen LogP contribution in [0.15, 0.2) is 41.5 Å². The minimum absolute atomic E-state index is 0.252. The van der Waals surface area contributed by atoms with Crippen LogP contribution in [-0.4, -0.2) is 32.4 Å². The predicted molar refractivity (Wildman–Crippen MR) is 111 cm³/mol. The molecule has 28 heavy (non-hydrogen) atoms. The van der Waals surface area contributed by atoms with Crippen LogP contribution in [0.3, 0.4) is 0 Å². The van der Waals surface area contributed by atoms with Gasteiger partial charge in [-0.25, -0.2) is 5.43 Å². The molecule has 2 rings (SSSR count).